The van der Waals surface area contributed by atoms with Crippen LogP contribution in [0.1, 0.15) is 50.9 Å². The smallest absolute Gasteiger partial charge is 0.410 e. The SMILES string of the molecule is CC(=O)c1cccc(NC2(C(=O)O)CCN(C(=O)OC(C)(C)C)CC2)c1. The monoisotopic (exact) mass is 362 g/mol. The van der Waals surface area contributed by atoms with Gasteiger partial charge < -0.3 is 20.1 Å². The van der Waals surface area contributed by atoms with Gasteiger partial charge in [-0.3, -0.25) is 4.79 Å². The molecule has 1 aromatic carbocycles. The van der Waals surface area contributed by atoms with Crippen molar-refractivity contribution in [3.63, 3.8) is 0 Å². The Kier molecular flexibility index (Phi) is 5.59. The predicted molar refractivity (Wildman–Crippen MR) is 97.5 cm³/mol. The molecule has 2 N–H and O–H groups in total. The van der Waals surface area contributed by atoms with Crippen molar-refractivity contribution in [3.05, 3.63) is 29.8 Å². The molecule has 2 rings (SSSR count). The first-order valence-electron chi connectivity index (χ1n) is 8.63. The van der Waals surface area contributed by atoms with Crippen LogP contribution < -0.4 is 5.32 Å². The number of piperidine rings is 1. The number of benzene rings is 1. The lowest BCUT2D eigenvalue weighted by Gasteiger charge is -2.40. The highest BCUT2D eigenvalue weighted by molar-refractivity contribution is 5.95. The average molecular weight is 362 g/mol. The summed E-state index contributed by atoms with van der Waals surface area (Å²) in [6.45, 7) is 7.40. The highest BCUT2D eigenvalue weighted by Gasteiger charge is 2.43. The number of Topliss-reactive ketones (excluding diaryl/α,β-unsaturated/α-hetero) is 1. The topological polar surface area (TPSA) is 95.9 Å². The van der Waals surface area contributed by atoms with E-state index in [1.165, 1.54) is 11.8 Å². The van der Waals surface area contributed by atoms with Gasteiger partial charge in [-0.2, -0.15) is 0 Å². The first kappa shape index (κ1) is 19.8. The van der Waals surface area contributed by atoms with Crippen LogP contribution in [0.3, 0.4) is 0 Å². The normalized spacial score (nSPS) is 16.7. The Morgan fingerprint density at radius 2 is 1.81 bits per heavy atom. The summed E-state index contributed by atoms with van der Waals surface area (Å²) in [6.07, 6.45) is 0.0488. The largest absolute Gasteiger partial charge is 0.480 e. The lowest BCUT2D eigenvalue weighted by atomic mass is 9.87. The number of hydrogen-bond acceptors (Lipinski definition) is 5. The van der Waals surface area contributed by atoms with E-state index < -0.39 is 23.2 Å². The number of carboxylic acid groups (broad SMARTS) is 1. The fourth-order valence-corrected chi connectivity index (χ4v) is 2.88. The Bertz CT molecular complexity index is 700. The van der Waals surface area contributed by atoms with E-state index in [1.54, 1.807) is 45.0 Å². The summed E-state index contributed by atoms with van der Waals surface area (Å²) in [5, 5.41) is 12.8. The van der Waals surface area contributed by atoms with Crippen LogP contribution in [-0.2, 0) is 9.53 Å². The zero-order valence-corrected chi connectivity index (χ0v) is 15.7. The molecular formula is C19H26N2O5. The number of ketones is 1. The Morgan fingerprint density at radius 3 is 2.31 bits per heavy atom. The number of likely N-dealkylation sites (tertiary alicyclic amines) is 1. The van der Waals surface area contributed by atoms with Crippen LogP contribution in [0.5, 0.6) is 0 Å². The molecular weight excluding hydrogens is 336 g/mol. The third-order valence-electron chi connectivity index (χ3n) is 4.33. The molecule has 1 saturated heterocycles. The molecule has 1 aliphatic rings. The summed E-state index contributed by atoms with van der Waals surface area (Å²) in [4.78, 5) is 37.2. The van der Waals surface area contributed by atoms with Gasteiger partial charge in [-0.05, 0) is 52.7 Å². The first-order valence-corrected chi connectivity index (χ1v) is 8.63. The summed E-state index contributed by atoms with van der Waals surface area (Å²) < 4.78 is 5.35. The molecule has 26 heavy (non-hydrogen) atoms. The van der Waals surface area contributed by atoms with Crippen LogP contribution >= 0.6 is 0 Å². The Morgan fingerprint density at radius 1 is 1.19 bits per heavy atom. The quantitative estimate of drug-likeness (QED) is 0.799. The van der Waals surface area contributed by atoms with E-state index in [-0.39, 0.29) is 31.7 Å². The summed E-state index contributed by atoms with van der Waals surface area (Å²) in [5.74, 6) is -1.06. The third-order valence-corrected chi connectivity index (χ3v) is 4.33. The molecule has 7 heteroatoms. The number of ether oxygens (including phenoxy) is 1. The minimum absolute atomic E-state index is 0.0854. The number of nitrogens with zero attached hydrogens (tertiary/aromatic N) is 1. The van der Waals surface area contributed by atoms with Crippen LogP contribution in [0.15, 0.2) is 24.3 Å². The van der Waals surface area contributed by atoms with Gasteiger partial charge in [0.2, 0.25) is 0 Å². The number of amides is 1. The lowest BCUT2D eigenvalue weighted by molar-refractivity contribution is -0.144. The van der Waals surface area contributed by atoms with Gasteiger partial charge in [0.1, 0.15) is 11.1 Å². The molecule has 1 fully saturated rings. The van der Waals surface area contributed by atoms with Gasteiger partial charge in [-0.25, -0.2) is 9.59 Å². The van der Waals surface area contributed by atoms with Crippen molar-refractivity contribution in [3.8, 4) is 0 Å². The molecule has 0 unspecified atom stereocenters. The van der Waals surface area contributed by atoms with Crippen molar-refractivity contribution in [2.45, 2.75) is 51.7 Å². The lowest BCUT2D eigenvalue weighted by Crippen LogP contribution is -2.55. The van der Waals surface area contributed by atoms with Crippen LogP contribution in [0.4, 0.5) is 10.5 Å². The minimum atomic E-state index is -1.19. The van der Waals surface area contributed by atoms with Crippen molar-refractivity contribution in [1.82, 2.24) is 4.90 Å². The molecule has 142 valence electrons. The molecule has 0 bridgehead atoms. The number of anilines is 1. The van der Waals surface area contributed by atoms with Gasteiger partial charge in [-0.1, -0.05) is 12.1 Å². The summed E-state index contributed by atoms with van der Waals surface area (Å²) in [7, 11) is 0. The second kappa shape index (κ2) is 7.35. The summed E-state index contributed by atoms with van der Waals surface area (Å²) in [5.41, 5.74) is -0.690. The van der Waals surface area contributed by atoms with Gasteiger partial charge in [0.15, 0.2) is 5.78 Å². The predicted octanol–water partition coefficient (Wildman–Crippen LogP) is 3.16. The second-order valence-electron chi connectivity index (χ2n) is 7.62. The molecule has 1 aliphatic heterocycles. The van der Waals surface area contributed by atoms with E-state index in [1.807, 2.05) is 0 Å². The van der Waals surface area contributed by atoms with Gasteiger partial charge in [0.05, 0.1) is 0 Å². The summed E-state index contributed by atoms with van der Waals surface area (Å²) in [6, 6.07) is 6.78. The second-order valence-corrected chi connectivity index (χ2v) is 7.62. The Hall–Kier alpha value is -2.57. The van der Waals surface area contributed by atoms with Crippen molar-refractivity contribution < 1.29 is 24.2 Å². The number of hydrogen-bond donors (Lipinski definition) is 2. The van der Waals surface area contributed by atoms with Crippen LogP contribution in [0, 0.1) is 0 Å². The molecule has 0 radical (unpaired) electrons. The molecule has 1 heterocycles. The van der Waals surface area contributed by atoms with E-state index in [0.29, 0.717) is 11.3 Å². The van der Waals surface area contributed by atoms with E-state index in [0.717, 1.165) is 0 Å². The number of rotatable bonds is 4. The molecule has 7 nitrogen and oxygen atoms in total. The van der Waals surface area contributed by atoms with E-state index >= 15 is 0 Å². The molecule has 0 aromatic heterocycles. The maximum atomic E-state index is 12.2. The van der Waals surface area contributed by atoms with Crippen molar-refractivity contribution in [2.24, 2.45) is 0 Å². The van der Waals surface area contributed by atoms with Gasteiger partial charge >= 0.3 is 12.1 Å². The van der Waals surface area contributed by atoms with E-state index in [9.17, 15) is 19.5 Å². The standard InChI is InChI=1S/C19H26N2O5/c1-13(22)14-6-5-7-15(12-14)20-19(16(23)24)8-10-21(11-9-19)17(25)26-18(2,3)4/h5-7,12,20H,8-11H2,1-4H3,(H,23,24). The van der Waals surface area contributed by atoms with Crippen molar-refractivity contribution in [1.29, 1.82) is 0 Å². The number of carbonyl (C=O) groups is 3. The molecule has 0 spiro atoms. The molecule has 0 aliphatic carbocycles. The van der Waals surface area contributed by atoms with E-state index in [2.05, 4.69) is 5.32 Å². The van der Waals surface area contributed by atoms with Crippen LogP contribution in [0.25, 0.3) is 0 Å². The van der Waals surface area contributed by atoms with Gasteiger partial charge in [0, 0.05) is 24.3 Å². The molecule has 0 atom stereocenters. The zero-order chi connectivity index (χ0) is 19.5. The molecule has 1 aromatic rings. The highest BCUT2D eigenvalue weighted by atomic mass is 16.6. The van der Waals surface area contributed by atoms with Gasteiger partial charge in [0.25, 0.3) is 0 Å². The number of aliphatic carboxylic acids is 1. The fourth-order valence-electron chi connectivity index (χ4n) is 2.88. The molecule has 1 amide bonds. The van der Waals surface area contributed by atoms with E-state index in [4.69, 9.17) is 4.74 Å². The number of carboxylic acids is 1. The van der Waals surface area contributed by atoms with Crippen LogP contribution in [0.2, 0.25) is 0 Å². The minimum Gasteiger partial charge on any atom is -0.480 e. The number of nitrogens with one attached hydrogen (secondary N) is 1. The third kappa shape index (κ3) is 4.74. The zero-order valence-electron chi connectivity index (χ0n) is 15.7. The first-order chi connectivity index (χ1) is 12.0. The highest BCUT2D eigenvalue weighted by Crippen LogP contribution is 2.29. The van der Waals surface area contributed by atoms with Crippen molar-refractivity contribution >= 4 is 23.5 Å². The Labute approximate surface area is 153 Å². The molecule has 0 saturated carbocycles. The van der Waals surface area contributed by atoms with Gasteiger partial charge in [-0.15, -0.1) is 0 Å². The van der Waals surface area contributed by atoms with Crippen molar-refractivity contribution in [2.75, 3.05) is 18.4 Å². The van der Waals surface area contributed by atoms with Crippen LogP contribution in [-0.4, -0.2) is 52.1 Å². The Balaban J connectivity index is 2.11. The fraction of sp³-hybridized carbons (Fsp3) is 0.526. The maximum Gasteiger partial charge on any atom is 0.410 e. The average Bonchev–Trinajstić information content (AvgIpc) is 2.54. The summed E-state index contributed by atoms with van der Waals surface area (Å²) >= 11 is 0. The number of carbonyl (C=O) groups excluding carboxylic acids is 2. The maximum absolute atomic E-state index is 12.2.